The molecule has 1 aliphatic carbocycles. The third kappa shape index (κ3) is 3.49. The Morgan fingerprint density at radius 3 is 2.62 bits per heavy atom. The van der Waals surface area contributed by atoms with Gasteiger partial charge in [0.05, 0.1) is 36.2 Å². The number of aryl methyl sites for hydroxylation is 2. The van der Waals surface area contributed by atoms with E-state index in [4.69, 9.17) is 9.47 Å². The molecule has 4 rings (SSSR count). The number of hydrogen-bond acceptors (Lipinski definition) is 7. The van der Waals surface area contributed by atoms with Crippen LogP contribution in [-0.4, -0.2) is 29.1 Å². The third-order valence-corrected chi connectivity index (χ3v) is 6.18. The Kier molecular flexibility index (Phi) is 5.06. The van der Waals surface area contributed by atoms with E-state index in [1.165, 1.54) is 37.3 Å². The molecule has 0 amide bonds. The fraction of sp³-hybridized carbons (Fsp3) is 0.300. The number of ether oxygens (including phenoxy) is 2. The molecule has 3 aromatic rings. The van der Waals surface area contributed by atoms with Crippen LogP contribution in [0.3, 0.4) is 0 Å². The van der Waals surface area contributed by atoms with Crippen LogP contribution in [0, 0.1) is 10.1 Å². The van der Waals surface area contributed by atoms with Crippen molar-refractivity contribution in [1.29, 1.82) is 0 Å². The van der Waals surface area contributed by atoms with E-state index in [1.54, 1.807) is 17.4 Å². The number of aromatic amines is 1. The van der Waals surface area contributed by atoms with E-state index >= 15 is 0 Å². The number of H-pyrrole nitrogens is 1. The molecule has 0 saturated heterocycles. The number of thiophene rings is 1. The lowest BCUT2D eigenvalue weighted by atomic mass is 9.97. The quantitative estimate of drug-likeness (QED) is 0.501. The van der Waals surface area contributed by atoms with Gasteiger partial charge in [0.15, 0.2) is 11.5 Å². The molecule has 0 bridgehead atoms. The summed E-state index contributed by atoms with van der Waals surface area (Å²) in [5.41, 5.74) is 1.14. The molecule has 1 N–H and O–H groups in total. The first kappa shape index (κ1) is 19.1. The van der Waals surface area contributed by atoms with Gasteiger partial charge in [0.25, 0.3) is 11.2 Å². The van der Waals surface area contributed by atoms with Gasteiger partial charge in [0, 0.05) is 4.88 Å². The zero-order valence-corrected chi connectivity index (χ0v) is 16.8. The van der Waals surface area contributed by atoms with E-state index in [-0.39, 0.29) is 17.0 Å². The first-order valence-electron chi connectivity index (χ1n) is 9.15. The van der Waals surface area contributed by atoms with Crippen molar-refractivity contribution in [3.05, 3.63) is 54.4 Å². The molecule has 2 heterocycles. The van der Waals surface area contributed by atoms with Gasteiger partial charge in [-0.25, -0.2) is 4.98 Å². The van der Waals surface area contributed by atoms with E-state index in [9.17, 15) is 14.9 Å². The maximum absolute atomic E-state index is 12.6. The standard InChI is InChI=1S/C20H19N3O5S/c1-27-14-9-11(13(23(25)26)10-15(14)28-2)7-8-17-21-19(24)18-12-5-3-4-6-16(12)29-20(18)22-17/h7-10H,3-6H2,1-2H3,(H,21,22,24)/b8-7+. The molecule has 29 heavy (non-hydrogen) atoms. The lowest BCUT2D eigenvalue weighted by molar-refractivity contribution is -0.385. The van der Waals surface area contributed by atoms with Crippen LogP contribution < -0.4 is 15.0 Å². The molecule has 9 heteroatoms. The van der Waals surface area contributed by atoms with Gasteiger partial charge < -0.3 is 14.5 Å². The lowest BCUT2D eigenvalue weighted by Gasteiger charge is -2.09. The van der Waals surface area contributed by atoms with Crippen molar-refractivity contribution in [2.75, 3.05) is 14.2 Å². The summed E-state index contributed by atoms with van der Waals surface area (Å²) < 4.78 is 10.4. The van der Waals surface area contributed by atoms with Gasteiger partial charge in [-0.05, 0) is 49.5 Å². The first-order chi connectivity index (χ1) is 14.0. The van der Waals surface area contributed by atoms with E-state index in [2.05, 4.69) is 9.97 Å². The molecule has 2 aromatic heterocycles. The molecule has 8 nitrogen and oxygen atoms in total. The second kappa shape index (κ2) is 7.67. The Balaban J connectivity index is 1.77. The number of nitrogens with one attached hydrogen (secondary N) is 1. The second-order valence-electron chi connectivity index (χ2n) is 6.70. The van der Waals surface area contributed by atoms with Crippen molar-refractivity contribution >= 4 is 39.4 Å². The van der Waals surface area contributed by atoms with Crippen molar-refractivity contribution in [2.45, 2.75) is 25.7 Å². The Bertz CT molecular complexity index is 1200. The maximum Gasteiger partial charge on any atom is 0.280 e. The summed E-state index contributed by atoms with van der Waals surface area (Å²) in [6.45, 7) is 0. The summed E-state index contributed by atoms with van der Waals surface area (Å²) in [5.74, 6) is 0.999. The van der Waals surface area contributed by atoms with Gasteiger partial charge in [0.2, 0.25) is 0 Å². The number of nitro benzene ring substituents is 1. The van der Waals surface area contributed by atoms with Gasteiger partial charge >= 0.3 is 0 Å². The van der Waals surface area contributed by atoms with Crippen molar-refractivity contribution in [2.24, 2.45) is 0 Å². The van der Waals surface area contributed by atoms with Crippen LogP contribution in [0.1, 0.15) is 34.7 Å². The predicted molar refractivity (Wildman–Crippen MR) is 112 cm³/mol. The van der Waals surface area contributed by atoms with E-state index < -0.39 is 4.92 Å². The fourth-order valence-corrected chi connectivity index (χ4v) is 4.87. The van der Waals surface area contributed by atoms with Crippen molar-refractivity contribution in [3.63, 3.8) is 0 Å². The number of fused-ring (bicyclic) bond motifs is 3. The van der Waals surface area contributed by atoms with Crippen LogP contribution in [-0.2, 0) is 12.8 Å². The van der Waals surface area contributed by atoms with E-state index in [0.717, 1.165) is 31.2 Å². The van der Waals surface area contributed by atoms with Gasteiger partial charge in [-0.1, -0.05) is 0 Å². The first-order valence-corrected chi connectivity index (χ1v) is 9.96. The summed E-state index contributed by atoms with van der Waals surface area (Å²) >= 11 is 1.56. The molecular weight excluding hydrogens is 394 g/mol. The predicted octanol–water partition coefficient (Wildman–Crippen LogP) is 3.96. The van der Waals surface area contributed by atoms with Crippen LogP contribution in [0.2, 0.25) is 0 Å². The molecular formula is C20H19N3O5S. The molecule has 0 atom stereocenters. The number of nitro groups is 1. The minimum absolute atomic E-state index is 0.131. The van der Waals surface area contributed by atoms with E-state index in [1.807, 2.05) is 0 Å². The van der Waals surface area contributed by atoms with E-state index in [0.29, 0.717) is 27.4 Å². The van der Waals surface area contributed by atoms with Crippen molar-refractivity contribution in [1.82, 2.24) is 9.97 Å². The van der Waals surface area contributed by atoms with Crippen LogP contribution in [0.4, 0.5) is 5.69 Å². The minimum Gasteiger partial charge on any atom is -0.493 e. The summed E-state index contributed by atoms with van der Waals surface area (Å²) in [7, 11) is 2.88. The second-order valence-corrected chi connectivity index (χ2v) is 7.78. The number of aromatic nitrogens is 2. The van der Waals surface area contributed by atoms with Crippen molar-refractivity contribution in [3.8, 4) is 11.5 Å². The van der Waals surface area contributed by atoms with Crippen LogP contribution >= 0.6 is 11.3 Å². The average Bonchev–Trinajstić information content (AvgIpc) is 3.10. The molecule has 0 fully saturated rings. The molecule has 0 saturated carbocycles. The van der Waals surface area contributed by atoms with Gasteiger partial charge in [-0.2, -0.15) is 0 Å². The highest BCUT2D eigenvalue weighted by molar-refractivity contribution is 7.18. The van der Waals surface area contributed by atoms with Gasteiger partial charge in [0.1, 0.15) is 10.7 Å². The number of nitrogens with zero attached hydrogens (tertiary/aromatic N) is 2. The highest BCUT2D eigenvalue weighted by atomic mass is 32.1. The number of benzene rings is 1. The van der Waals surface area contributed by atoms with Gasteiger partial charge in [-0.15, -0.1) is 11.3 Å². The number of methoxy groups -OCH3 is 2. The monoisotopic (exact) mass is 413 g/mol. The normalized spacial score (nSPS) is 13.6. The summed E-state index contributed by atoms with van der Waals surface area (Å²) in [4.78, 5) is 32.9. The number of hydrogen-bond donors (Lipinski definition) is 1. The highest BCUT2D eigenvalue weighted by Crippen LogP contribution is 2.36. The molecule has 1 aliphatic rings. The smallest absolute Gasteiger partial charge is 0.280 e. The SMILES string of the molecule is COc1cc(/C=C/c2nc3sc4c(c3c(=O)[nH]2)CCCC4)c([N+](=O)[O-])cc1OC. The highest BCUT2D eigenvalue weighted by Gasteiger charge is 2.20. The molecule has 0 spiro atoms. The van der Waals surface area contributed by atoms with Gasteiger partial charge in [-0.3, -0.25) is 14.9 Å². The zero-order chi connectivity index (χ0) is 20.5. The molecule has 0 radical (unpaired) electrons. The molecule has 0 unspecified atom stereocenters. The molecule has 0 aliphatic heterocycles. The topological polar surface area (TPSA) is 107 Å². The van der Waals surface area contributed by atoms with Crippen LogP contribution in [0.5, 0.6) is 11.5 Å². The maximum atomic E-state index is 12.6. The molecule has 150 valence electrons. The lowest BCUT2D eigenvalue weighted by Crippen LogP contribution is -2.11. The Hall–Kier alpha value is -3.20. The molecule has 1 aromatic carbocycles. The third-order valence-electron chi connectivity index (χ3n) is 4.99. The average molecular weight is 413 g/mol. The fourth-order valence-electron chi connectivity index (χ4n) is 3.60. The zero-order valence-electron chi connectivity index (χ0n) is 16.0. The minimum atomic E-state index is -0.492. The van der Waals surface area contributed by atoms with Crippen LogP contribution in [0.15, 0.2) is 16.9 Å². The summed E-state index contributed by atoms with van der Waals surface area (Å²) in [6.07, 6.45) is 7.22. The number of rotatable bonds is 5. The Labute approximate surface area is 170 Å². The van der Waals surface area contributed by atoms with Crippen LogP contribution in [0.25, 0.3) is 22.4 Å². The van der Waals surface area contributed by atoms with Crippen molar-refractivity contribution < 1.29 is 14.4 Å². The Morgan fingerprint density at radius 2 is 1.90 bits per heavy atom. The Morgan fingerprint density at radius 1 is 1.17 bits per heavy atom. The summed E-state index contributed by atoms with van der Waals surface area (Å²) in [5, 5.41) is 12.1. The summed E-state index contributed by atoms with van der Waals surface area (Å²) in [6, 6.07) is 2.83. The largest absolute Gasteiger partial charge is 0.493 e.